The number of benzene rings is 1. The van der Waals surface area contributed by atoms with Crippen LogP contribution in [0.3, 0.4) is 0 Å². The number of likely N-dealkylation sites (tertiary alicyclic amines) is 1. The van der Waals surface area contributed by atoms with Gasteiger partial charge in [-0.05, 0) is 49.5 Å². The van der Waals surface area contributed by atoms with E-state index in [1.54, 1.807) is 0 Å². The third-order valence-electron chi connectivity index (χ3n) is 5.11. The van der Waals surface area contributed by atoms with E-state index in [9.17, 15) is 4.79 Å². The van der Waals surface area contributed by atoms with Gasteiger partial charge in [0, 0.05) is 24.8 Å². The van der Waals surface area contributed by atoms with E-state index in [-0.39, 0.29) is 5.91 Å². The van der Waals surface area contributed by atoms with Crippen LogP contribution in [0.1, 0.15) is 61.1 Å². The van der Waals surface area contributed by atoms with Crippen LogP contribution in [0.15, 0.2) is 36.8 Å². The molecule has 1 saturated heterocycles. The molecule has 3 rings (SSSR count). The predicted octanol–water partition coefficient (Wildman–Crippen LogP) is 3.85. The summed E-state index contributed by atoms with van der Waals surface area (Å²) in [6, 6.07) is 8.05. The lowest BCUT2D eigenvalue weighted by Crippen LogP contribution is -2.25. The summed E-state index contributed by atoms with van der Waals surface area (Å²) in [6.45, 7) is 9.12. The number of hydrogen-bond donors (Lipinski definition) is 1. The molecule has 2 heterocycles. The lowest BCUT2D eigenvalue weighted by atomic mass is 10.1. The molecule has 1 aromatic heterocycles. The van der Waals surface area contributed by atoms with Crippen LogP contribution >= 0.6 is 0 Å². The Hall–Kier alpha value is -2.14. The van der Waals surface area contributed by atoms with E-state index >= 15 is 0 Å². The number of rotatable bonds is 7. The van der Waals surface area contributed by atoms with E-state index in [0.29, 0.717) is 18.0 Å². The minimum absolute atomic E-state index is 0.0337. The molecule has 5 nitrogen and oxygen atoms in total. The van der Waals surface area contributed by atoms with Crippen molar-refractivity contribution in [1.82, 2.24) is 19.8 Å². The third kappa shape index (κ3) is 5.93. The van der Waals surface area contributed by atoms with Crippen LogP contribution in [0.2, 0.25) is 0 Å². The minimum Gasteiger partial charge on any atom is -0.346 e. The lowest BCUT2D eigenvalue weighted by Gasteiger charge is -2.19. The van der Waals surface area contributed by atoms with Crippen molar-refractivity contribution in [2.24, 2.45) is 5.92 Å². The topological polar surface area (TPSA) is 50.2 Å². The normalized spacial score (nSPS) is 15.7. The van der Waals surface area contributed by atoms with Crippen LogP contribution in [0.5, 0.6) is 0 Å². The van der Waals surface area contributed by atoms with Gasteiger partial charge in [-0.25, -0.2) is 4.98 Å². The van der Waals surface area contributed by atoms with Crippen LogP contribution in [0.25, 0.3) is 0 Å². The molecule has 0 bridgehead atoms. The van der Waals surface area contributed by atoms with E-state index < -0.39 is 0 Å². The standard InChI is InChI=1S/C22H32N4O/c1-18(2)15-26-17-23-13-21(26)14-24-22(27)20-9-7-19(8-10-20)16-25-11-5-3-4-6-12-25/h7-10,13,17-18H,3-6,11-12,14-16H2,1-2H3,(H,24,27). The van der Waals surface area contributed by atoms with E-state index in [4.69, 9.17) is 0 Å². The maximum atomic E-state index is 12.5. The Balaban J connectivity index is 1.52. The first kappa shape index (κ1) is 19.6. The van der Waals surface area contributed by atoms with E-state index in [0.717, 1.165) is 18.8 Å². The molecule has 1 N–H and O–H groups in total. The zero-order valence-electron chi connectivity index (χ0n) is 16.7. The first-order valence-corrected chi connectivity index (χ1v) is 10.2. The fourth-order valence-corrected chi connectivity index (χ4v) is 3.64. The highest BCUT2D eigenvalue weighted by molar-refractivity contribution is 5.94. The molecule has 1 aliphatic heterocycles. The second-order valence-corrected chi connectivity index (χ2v) is 8.00. The van der Waals surface area contributed by atoms with Gasteiger partial charge in [0.1, 0.15) is 0 Å². The number of hydrogen-bond acceptors (Lipinski definition) is 3. The highest BCUT2D eigenvalue weighted by Crippen LogP contribution is 2.14. The van der Waals surface area contributed by atoms with Gasteiger partial charge in [0.15, 0.2) is 0 Å². The van der Waals surface area contributed by atoms with Crippen molar-refractivity contribution in [2.45, 2.75) is 59.2 Å². The number of aromatic nitrogens is 2. The van der Waals surface area contributed by atoms with E-state index in [1.165, 1.54) is 44.3 Å². The average molecular weight is 369 g/mol. The van der Waals surface area contributed by atoms with Gasteiger partial charge < -0.3 is 9.88 Å². The van der Waals surface area contributed by atoms with Crippen molar-refractivity contribution in [3.8, 4) is 0 Å². The quantitative estimate of drug-likeness (QED) is 0.808. The number of nitrogens with zero attached hydrogens (tertiary/aromatic N) is 3. The first-order chi connectivity index (χ1) is 13.1. The molecule has 0 radical (unpaired) electrons. The molecule has 2 aromatic rings. The molecule has 1 aromatic carbocycles. The molecular weight excluding hydrogens is 336 g/mol. The Bertz CT molecular complexity index is 712. The van der Waals surface area contributed by atoms with Crippen LogP contribution in [-0.4, -0.2) is 33.4 Å². The summed E-state index contributed by atoms with van der Waals surface area (Å²) in [5.74, 6) is 0.513. The first-order valence-electron chi connectivity index (χ1n) is 10.2. The molecule has 146 valence electrons. The highest BCUT2D eigenvalue weighted by atomic mass is 16.1. The van der Waals surface area contributed by atoms with Crippen molar-refractivity contribution in [3.05, 3.63) is 53.6 Å². The molecule has 1 amide bonds. The Kier molecular flexibility index (Phi) is 7.04. The summed E-state index contributed by atoms with van der Waals surface area (Å²) in [7, 11) is 0. The Morgan fingerprint density at radius 1 is 1.11 bits per heavy atom. The maximum absolute atomic E-state index is 12.5. The maximum Gasteiger partial charge on any atom is 0.251 e. The largest absolute Gasteiger partial charge is 0.346 e. The molecule has 0 saturated carbocycles. The molecule has 1 fully saturated rings. The van der Waals surface area contributed by atoms with Gasteiger partial charge in [-0.2, -0.15) is 0 Å². The van der Waals surface area contributed by atoms with Gasteiger partial charge in [-0.3, -0.25) is 9.69 Å². The summed E-state index contributed by atoms with van der Waals surface area (Å²) in [4.78, 5) is 19.2. The predicted molar refractivity (Wildman–Crippen MR) is 108 cm³/mol. The molecule has 0 spiro atoms. The average Bonchev–Trinajstić information content (AvgIpc) is 2.92. The second-order valence-electron chi connectivity index (χ2n) is 8.00. The molecular formula is C22H32N4O. The lowest BCUT2D eigenvalue weighted by molar-refractivity contribution is 0.0950. The minimum atomic E-state index is -0.0337. The number of nitrogens with one attached hydrogen (secondary N) is 1. The molecule has 0 unspecified atom stereocenters. The van der Waals surface area contributed by atoms with Gasteiger partial charge in [-0.15, -0.1) is 0 Å². The molecule has 5 heteroatoms. The van der Waals surface area contributed by atoms with Crippen molar-refractivity contribution in [1.29, 1.82) is 0 Å². The Morgan fingerprint density at radius 2 is 1.81 bits per heavy atom. The van der Waals surface area contributed by atoms with Gasteiger partial charge in [-0.1, -0.05) is 38.8 Å². The van der Waals surface area contributed by atoms with Crippen molar-refractivity contribution in [3.63, 3.8) is 0 Å². The van der Waals surface area contributed by atoms with E-state index in [1.807, 2.05) is 24.7 Å². The van der Waals surface area contributed by atoms with Crippen LogP contribution in [0.4, 0.5) is 0 Å². The van der Waals surface area contributed by atoms with Gasteiger partial charge >= 0.3 is 0 Å². The zero-order chi connectivity index (χ0) is 19.1. The monoisotopic (exact) mass is 368 g/mol. The van der Waals surface area contributed by atoms with Gasteiger partial charge in [0.25, 0.3) is 5.91 Å². The number of imidazole rings is 1. The molecule has 1 aliphatic rings. The van der Waals surface area contributed by atoms with Crippen molar-refractivity contribution < 1.29 is 4.79 Å². The summed E-state index contributed by atoms with van der Waals surface area (Å²) in [5, 5.41) is 3.01. The van der Waals surface area contributed by atoms with Crippen LogP contribution in [0, 0.1) is 5.92 Å². The fraction of sp³-hybridized carbons (Fsp3) is 0.545. The smallest absolute Gasteiger partial charge is 0.251 e. The SMILES string of the molecule is CC(C)Cn1cncc1CNC(=O)c1ccc(CN2CCCCCC2)cc1. The third-order valence-corrected chi connectivity index (χ3v) is 5.11. The number of carbonyl (C=O) groups excluding carboxylic acids is 1. The Morgan fingerprint density at radius 3 is 2.48 bits per heavy atom. The second kappa shape index (κ2) is 9.70. The van der Waals surface area contributed by atoms with E-state index in [2.05, 4.69) is 45.7 Å². The summed E-state index contributed by atoms with van der Waals surface area (Å²) in [6.07, 6.45) is 8.96. The molecule has 27 heavy (non-hydrogen) atoms. The van der Waals surface area contributed by atoms with Gasteiger partial charge in [0.05, 0.1) is 18.6 Å². The number of carbonyl (C=O) groups is 1. The fourth-order valence-electron chi connectivity index (χ4n) is 3.64. The Labute approximate surface area is 162 Å². The van der Waals surface area contributed by atoms with Gasteiger partial charge in [0.2, 0.25) is 0 Å². The summed E-state index contributed by atoms with van der Waals surface area (Å²) in [5.41, 5.74) is 3.03. The van der Waals surface area contributed by atoms with Crippen molar-refractivity contribution >= 4 is 5.91 Å². The van der Waals surface area contributed by atoms with Crippen molar-refractivity contribution in [2.75, 3.05) is 13.1 Å². The molecule has 0 aliphatic carbocycles. The molecule has 0 atom stereocenters. The zero-order valence-corrected chi connectivity index (χ0v) is 16.7. The number of amides is 1. The summed E-state index contributed by atoms with van der Waals surface area (Å²) < 4.78 is 2.11. The summed E-state index contributed by atoms with van der Waals surface area (Å²) >= 11 is 0. The van der Waals surface area contributed by atoms with Crippen LogP contribution in [-0.2, 0) is 19.6 Å². The van der Waals surface area contributed by atoms with Crippen LogP contribution < -0.4 is 5.32 Å². The highest BCUT2D eigenvalue weighted by Gasteiger charge is 2.11.